The molecule has 0 N–H and O–H groups in total. The Morgan fingerprint density at radius 2 is 0.730 bits per heavy atom. The molecule has 0 heterocycles. The van der Waals surface area contributed by atoms with Crippen LogP contribution >= 0.6 is 0 Å². The molecule has 2 aromatic carbocycles. The minimum absolute atomic E-state index is 0.172. The maximum atomic E-state index is 10.1. The van der Waals surface area contributed by atoms with Crippen LogP contribution in [0.15, 0.2) is 32.5 Å². The number of hydrogen-bond donors (Lipinski definition) is 0. The normalized spacial score (nSPS) is 12.6. The van der Waals surface area contributed by atoms with Gasteiger partial charge in [0.05, 0.1) is 0 Å². The number of hydrogen-bond acceptors (Lipinski definition) is 2. The molecule has 0 aromatic heterocycles. The summed E-state index contributed by atoms with van der Waals surface area (Å²) in [7, 11) is 0. The summed E-state index contributed by atoms with van der Waals surface area (Å²) in [4.78, 5) is 6.85. The molecule has 7 heteroatoms. The standard InChI is InChI=1S/C30H46N6Se/c1-17(2)23-13-25(19(5)6)29(26(14-23)20(7)8)37(35-33-31,36-34-32)30-27(21(9)10)15-24(18(3)4)16-28(30)22(11)12/h13-22H,1-12H3. The first-order chi connectivity index (χ1) is 17.2. The van der Waals surface area contributed by atoms with E-state index in [2.05, 4.69) is 125 Å². The van der Waals surface area contributed by atoms with Crippen LogP contribution < -0.4 is 8.92 Å². The van der Waals surface area contributed by atoms with Gasteiger partial charge in [-0.05, 0) is 0 Å². The monoisotopic (exact) mass is 570 g/mol. The molecule has 0 radical (unpaired) electrons. The van der Waals surface area contributed by atoms with Gasteiger partial charge in [-0.3, -0.25) is 0 Å². The molecular formula is C30H46N6Se. The van der Waals surface area contributed by atoms with Crippen LogP contribution in [0.4, 0.5) is 0 Å². The third-order valence-electron chi connectivity index (χ3n) is 7.04. The molecule has 0 atom stereocenters. The van der Waals surface area contributed by atoms with Crippen molar-refractivity contribution in [3.8, 4) is 0 Å². The van der Waals surface area contributed by atoms with E-state index in [0.29, 0.717) is 11.8 Å². The fraction of sp³-hybridized carbons (Fsp3) is 0.600. The summed E-state index contributed by atoms with van der Waals surface area (Å²) < 4.78 is 11.2. The topological polar surface area (TPSA) is 97.5 Å². The van der Waals surface area contributed by atoms with Gasteiger partial charge in [-0.1, -0.05) is 0 Å². The Balaban J connectivity index is 3.38. The first-order valence-electron chi connectivity index (χ1n) is 13.5. The van der Waals surface area contributed by atoms with Crippen molar-refractivity contribution in [2.45, 2.75) is 119 Å². The van der Waals surface area contributed by atoms with Crippen LogP contribution in [0.2, 0.25) is 0 Å². The van der Waals surface area contributed by atoms with E-state index in [4.69, 9.17) is 0 Å². The van der Waals surface area contributed by atoms with Gasteiger partial charge in [-0.15, -0.1) is 0 Å². The second-order valence-corrected chi connectivity index (χ2v) is 16.6. The van der Waals surface area contributed by atoms with E-state index in [-0.39, 0.29) is 23.7 Å². The molecule has 6 nitrogen and oxygen atoms in total. The van der Waals surface area contributed by atoms with E-state index in [1.807, 2.05) is 0 Å². The van der Waals surface area contributed by atoms with Crippen LogP contribution in [0.25, 0.3) is 20.9 Å². The van der Waals surface area contributed by atoms with Crippen LogP contribution in [-0.4, -0.2) is 13.3 Å². The zero-order chi connectivity index (χ0) is 28.2. The van der Waals surface area contributed by atoms with Gasteiger partial charge in [0, 0.05) is 0 Å². The Bertz CT molecular complexity index is 1060. The molecule has 0 aliphatic rings. The van der Waals surface area contributed by atoms with Crippen LogP contribution in [-0.2, 0) is 0 Å². The zero-order valence-corrected chi connectivity index (χ0v) is 26.6. The van der Waals surface area contributed by atoms with Gasteiger partial charge >= 0.3 is 228 Å². The van der Waals surface area contributed by atoms with Crippen LogP contribution in [0.5, 0.6) is 0 Å². The summed E-state index contributed by atoms with van der Waals surface area (Å²) in [6, 6.07) is 9.04. The first-order valence-corrected chi connectivity index (χ1v) is 16.8. The van der Waals surface area contributed by atoms with Gasteiger partial charge in [0.1, 0.15) is 0 Å². The molecule has 0 bridgehead atoms. The van der Waals surface area contributed by atoms with E-state index in [9.17, 15) is 11.1 Å². The molecule has 2 rings (SSSR count). The summed E-state index contributed by atoms with van der Waals surface area (Å²) >= 11 is -3.94. The summed E-state index contributed by atoms with van der Waals surface area (Å²) in [5, 5.41) is 0. The van der Waals surface area contributed by atoms with Crippen molar-refractivity contribution in [3.63, 3.8) is 0 Å². The second kappa shape index (κ2) is 12.4. The quantitative estimate of drug-likeness (QED) is 0.118. The molecule has 0 unspecified atom stereocenters. The molecule has 0 fully saturated rings. The molecule has 0 aliphatic heterocycles. The van der Waals surface area contributed by atoms with Crippen molar-refractivity contribution in [3.05, 3.63) is 78.5 Å². The molecule has 0 spiro atoms. The molecule has 202 valence electrons. The molecular weight excluding hydrogens is 523 g/mol. The molecule has 37 heavy (non-hydrogen) atoms. The Morgan fingerprint density at radius 1 is 0.486 bits per heavy atom. The fourth-order valence-electron chi connectivity index (χ4n) is 4.82. The van der Waals surface area contributed by atoms with Crippen molar-refractivity contribution in [1.29, 1.82) is 0 Å². The molecule has 0 aliphatic carbocycles. The predicted molar refractivity (Wildman–Crippen MR) is 161 cm³/mol. The molecule has 2 aromatic rings. The average Bonchev–Trinajstić information content (AvgIpc) is 2.81. The number of rotatable bonds is 10. The average molecular weight is 570 g/mol. The number of benzene rings is 2. The van der Waals surface area contributed by atoms with E-state index >= 15 is 0 Å². The van der Waals surface area contributed by atoms with Crippen LogP contribution in [0, 0.1) is 0 Å². The van der Waals surface area contributed by atoms with Crippen molar-refractivity contribution in [1.82, 2.24) is 0 Å². The van der Waals surface area contributed by atoms with Crippen molar-refractivity contribution in [2.24, 2.45) is 8.26 Å². The zero-order valence-electron chi connectivity index (χ0n) is 24.9. The Kier molecular flexibility index (Phi) is 10.3. The molecule has 0 saturated carbocycles. The van der Waals surface area contributed by atoms with Crippen LogP contribution in [0.1, 0.15) is 152 Å². The van der Waals surface area contributed by atoms with Gasteiger partial charge in [0.25, 0.3) is 0 Å². The van der Waals surface area contributed by atoms with Gasteiger partial charge in [-0.2, -0.15) is 0 Å². The minimum atomic E-state index is -3.94. The van der Waals surface area contributed by atoms with E-state index in [1.54, 1.807) is 0 Å². The van der Waals surface area contributed by atoms with Crippen molar-refractivity contribution >= 4 is 22.2 Å². The van der Waals surface area contributed by atoms with Crippen LogP contribution in [0.3, 0.4) is 0 Å². The van der Waals surface area contributed by atoms with E-state index in [1.165, 1.54) is 11.1 Å². The van der Waals surface area contributed by atoms with Gasteiger partial charge in [-0.25, -0.2) is 0 Å². The Hall–Kier alpha value is -2.42. The SMILES string of the molecule is CC(C)c1cc(C(C)C)c([Se](N=[N+]=[N-])(N=[N+]=[N-])c2c(C(C)C)cc(C(C)C)cc2C(C)C)c(C(C)C)c1. The number of nitrogens with zero attached hydrogens (tertiary/aromatic N) is 6. The summed E-state index contributed by atoms with van der Waals surface area (Å²) in [5.41, 5.74) is 27.2. The fourth-order valence-corrected chi connectivity index (χ4v) is 11.7. The summed E-state index contributed by atoms with van der Waals surface area (Å²) in [6.07, 6.45) is 0. The number of azide groups is 1. The van der Waals surface area contributed by atoms with E-state index < -0.39 is 13.3 Å². The Labute approximate surface area is 227 Å². The van der Waals surface area contributed by atoms with Crippen molar-refractivity contribution in [2.75, 3.05) is 0 Å². The molecule has 0 amide bonds. The predicted octanol–water partition coefficient (Wildman–Crippen LogP) is 9.60. The van der Waals surface area contributed by atoms with E-state index in [0.717, 1.165) is 31.2 Å². The third kappa shape index (κ3) is 6.19. The third-order valence-corrected chi connectivity index (χ3v) is 12.7. The van der Waals surface area contributed by atoms with Crippen molar-refractivity contribution < 1.29 is 0 Å². The summed E-state index contributed by atoms with van der Waals surface area (Å²) in [5.74, 6) is 1.39. The maximum absolute atomic E-state index is 10.1. The van der Waals surface area contributed by atoms with Gasteiger partial charge < -0.3 is 0 Å². The second-order valence-electron chi connectivity index (χ2n) is 11.9. The Morgan fingerprint density at radius 3 is 0.892 bits per heavy atom. The summed E-state index contributed by atoms with van der Waals surface area (Å²) in [6.45, 7) is 26.2. The van der Waals surface area contributed by atoms with Gasteiger partial charge in [0.15, 0.2) is 0 Å². The molecule has 0 saturated heterocycles. The van der Waals surface area contributed by atoms with Gasteiger partial charge in [0.2, 0.25) is 0 Å². The first kappa shape index (κ1) is 30.8.